The number of halogens is 1. The van der Waals surface area contributed by atoms with Gasteiger partial charge in [0.15, 0.2) is 5.96 Å². The van der Waals surface area contributed by atoms with Gasteiger partial charge in [-0.1, -0.05) is 48.9 Å². The highest BCUT2D eigenvalue weighted by atomic mass is 127. The number of hydrogen-bond acceptors (Lipinski definition) is 2. The van der Waals surface area contributed by atoms with Gasteiger partial charge in [0.25, 0.3) is 5.91 Å². The van der Waals surface area contributed by atoms with Gasteiger partial charge in [-0.25, -0.2) is 0 Å². The van der Waals surface area contributed by atoms with Gasteiger partial charge in [-0.05, 0) is 43.5 Å². The molecule has 0 aliphatic carbocycles. The first-order valence-corrected chi connectivity index (χ1v) is 9.41. The summed E-state index contributed by atoms with van der Waals surface area (Å²) in [6, 6.07) is 16.3. The molecule has 3 N–H and O–H groups in total. The topological polar surface area (TPSA) is 65.5 Å². The number of guanidine groups is 1. The summed E-state index contributed by atoms with van der Waals surface area (Å²) in [7, 11) is 1.76. The molecule has 6 heteroatoms. The zero-order valence-electron chi connectivity index (χ0n) is 17.1. The summed E-state index contributed by atoms with van der Waals surface area (Å²) in [5.74, 6) is 0.716. The van der Waals surface area contributed by atoms with Crippen LogP contribution in [0.5, 0.6) is 0 Å². The zero-order valence-corrected chi connectivity index (χ0v) is 19.4. The smallest absolute Gasteiger partial charge is 0.251 e. The molecule has 1 unspecified atom stereocenters. The van der Waals surface area contributed by atoms with Crippen LogP contribution in [0.25, 0.3) is 0 Å². The third kappa shape index (κ3) is 7.88. The predicted molar refractivity (Wildman–Crippen MR) is 127 cm³/mol. The van der Waals surface area contributed by atoms with Crippen LogP contribution in [0.1, 0.15) is 47.3 Å². The van der Waals surface area contributed by atoms with Gasteiger partial charge in [0, 0.05) is 31.7 Å². The summed E-state index contributed by atoms with van der Waals surface area (Å²) in [4.78, 5) is 16.4. The molecule has 0 spiro atoms. The van der Waals surface area contributed by atoms with Crippen LogP contribution in [0, 0.1) is 6.92 Å². The van der Waals surface area contributed by atoms with Gasteiger partial charge in [0.05, 0.1) is 0 Å². The Morgan fingerprint density at radius 2 is 1.46 bits per heavy atom. The summed E-state index contributed by atoms with van der Waals surface area (Å²) >= 11 is 0. The highest BCUT2D eigenvalue weighted by Crippen LogP contribution is 2.06. The van der Waals surface area contributed by atoms with Crippen LogP contribution in [-0.4, -0.2) is 25.0 Å². The van der Waals surface area contributed by atoms with E-state index in [1.165, 1.54) is 11.1 Å². The molecule has 0 saturated carbocycles. The Hall–Kier alpha value is -2.09. The number of aliphatic imine (C=N–C) groups is 1. The number of amides is 1. The van der Waals surface area contributed by atoms with Crippen molar-refractivity contribution in [1.29, 1.82) is 0 Å². The molecule has 28 heavy (non-hydrogen) atoms. The van der Waals surface area contributed by atoms with Gasteiger partial charge >= 0.3 is 0 Å². The highest BCUT2D eigenvalue weighted by Gasteiger charge is 2.08. The lowest BCUT2D eigenvalue weighted by atomic mass is 10.1. The van der Waals surface area contributed by atoms with E-state index in [4.69, 9.17) is 0 Å². The van der Waals surface area contributed by atoms with E-state index in [1.54, 1.807) is 7.05 Å². The van der Waals surface area contributed by atoms with Crippen molar-refractivity contribution in [2.45, 2.75) is 46.3 Å². The number of carbonyl (C=O) groups is 1. The van der Waals surface area contributed by atoms with Crippen molar-refractivity contribution in [3.8, 4) is 0 Å². The standard InChI is InChI=1S/C22H30N4O.HI/c1-5-17(3)26-21(27)20-12-10-19(11-13-20)15-25-22(23-4)24-14-18-8-6-16(2)7-9-18;/h6-13,17H,5,14-15H2,1-4H3,(H,26,27)(H2,23,24,25);1H. The minimum Gasteiger partial charge on any atom is -0.352 e. The van der Waals surface area contributed by atoms with Gasteiger partial charge in [0.2, 0.25) is 0 Å². The molecule has 2 aromatic carbocycles. The highest BCUT2D eigenvalue weighted by molar-refractivity contribution is 14.0. The van der Waals surface area contributed by atoms with E-state index in [1.807, 2.05) is 31.2 Å². The normalized spacial score (nSPS) is 11.9. The first-order chi connectivity index (χ1) is 13.0. The number of carbonyl (C=O) groups excluding carboxylic acids is 1. The number of rotatable bonds is 7. The van der Waals surface area contributed by atoms with Crippen molar-refractivity contribution < 1.29 is 4.79 Å². The van der Waals surface area contributed by atoms with Crippen molar-refractivity contribution in [2.24, 2.45) is 4.99 Å². The van der Waals surface area contributed by atoms with Crippen LogP contribution in [0.3, 0.4) is 0 Å². The van der Waals surface area contributed by atoms with Crippen molar-refractivity contribution >= 4 is 35.8 Å². The van der Waals surface area contributed by atoms with E-state index in [9.17, 15) is 4.79 Å². The summed E-state index contributed by atoms with van der Waals surface area (Å²) in [5.41, 5.74) is 4.23. The Balaban J connectivity index is 0.00000392. The first-order valence-electron chi connectivity index (χ1n) is 9.41. The molecule has 152 valence electrons. The van der Waals surface area contributed by atoms with Gasteiger partial charge in [-0.3, -0.25) is 9.79 Å². The van der Waals surface area contributed by atoms with Crippen LogP contribution in [0.15, 0.2) is 53.5 Å². The molecular formula is C22H31IN4O. The largest absolute Gasteiger partial charge is 0.352 e. The second kappa shape index (κ2) is 12.4. The van der Waals surface area contributed by atoms with Crippen LogP contribution in [0.2, 0.25) is 0 Å². The molecule has 1 atom stereocenters. The van der Waals surface area contributed by atoms with E-state index >= 15 is 0 Å². The van der Waals surface area contributed by atoms with Crippen molar-refractivity contribution in [3.05, 3.63) is 70.8 Å². The maximum Gasteiger partial charge on any atom is 0.251 e. The monoisotopic (exact) mass is 494 g/mol. The number of aryl methyl sites for hydroxylation is 1. The Morgan fingerprint density at radius 3 is 1.93 bits per heavy atom. The summed E-state index contributed by atoms with van der Waals surface area (Å²) in [5, 5.41) is 9.58. The van der Waals surface area contributed by atoms with Crippen molar-refractivity contribution in [2.75, 3.05) is 7.05 Å². The molecular weight excluding hydrogens is 463 g/mol. The maximum atomic E-state index is 12.1. The van der Waals surface area contributed by atoms with E-state index in [-0.39, 0.29) is 35.9 Å². The molecule has 0 aliphatic rings. The second-order valence-electron chi connectivity index (χ2n) is 6.74. The van der Waals surface area contributed by atoms with Crippen molar-refractivity contribution in [1.82, 2.24) is 16.0 Å². The fourth-order valence-corrected chi connectivity index (χ4v) is 2.48. The van der Waals surface area contributed by atoms with Crippen LogP contribution in [-0.2, 0) is 13.1 Å². The molecule has 0 aromatic heterocycles. The van der Waals surface area contributed by atoms with Gasteiger partial charge < -0.3 is 16.0 Å². The minimum atomic E-state index is -0.0283. The average molecular weight is 494 g/mol. The van der Waals surface area contributed by atoms with Crippen LogP contribution < -0.4 is 16.0 Å². The lowest BCUT2D eigenvalue weighted by molar-refractivity contribution is 0.0939. The predicted octanol–water partition coefficient (Wildman–Crippen LogP) is 4.01. The number of hydrogen-bond donors (Lipinski definition) is 3. The van der Waals surface area contributed by atoms with E-state index in [2.05, 4.69) is 59.1 Å². The molecule has 1 amide bonds. The summed E-state index contributed by atoms with van der Waals surface area (Å²) in [6.45, 7) is 7.50. The molecule has 0 bridgehead atoms. The quantitative estimate of drug-likeness (QED) is 0.310. The minimum absolute atomic E-state index is 0. The fraction of sp³-hybridized carbons (Fsp3) is 0.364. The third-order valence-corrected chi connectivity index (χ3v) is 4.47. The number of nitrogens with one attached hydrogen (secondary N) is 3. The van der Waals surface area contributed by atoms with E-state index in [0.29, 0.717) is 18.7 Å². The molecule has 0 heterocycles. The Kier molecular flexibility index (Phi) is 10.6. The second-order valence-corrected chi connectivity index (χ2v) is 6.74. The number of nitrogens with zero attached hydrogens (tertiary/aromatic N) is 1. The van der Waals surface area contributed by atoms with Gasteiger partial charge in [-0.15, -0.1) is 24.0 Å². The maximum absolute atomic E-state index is 12.1. The fourth-order valence-electron chi connectivity index (χ4n) is 2.48. The summed E-state index contributed by atoms with van der Waals surface area (Å²) in [6.07, 6.45) is 0.919. The van der Waals surface area contributed by atoms with E-state index < -0.39 is 0 Å². The Morgan fingerprint density at radius 1 is 0.964 bits per heavy atom. The lowest BCUT2D eigenvalue weighted by Crippen LogP contribution is -2.36. The Bertz CT molecular complexity index is 757. The first kappa shape index (κ1) is 23.9. The number of benzene rings is 2. The molecule has 5 nitrogen and oxygen atoms in total. The molecule has 2 rings (SSSR count). The molecule has 0 radical (unpaired) electrons. The molecule has 2 aromatic rings. The van der Waals surface area contributed by atoms with Crippen molar-refractivity contribution in [3.63, 3.8) is 0 Å². The van der Waals surface area contributed by atoms with Crippen LogP contribution in [0.4, 0.5) is 0 Å². The zero-order chi connectivity index (χ0) is 19.6. The van der Waals surface area contributed by atoms with Gasteiger partial charge in [0.1, 0.15) is 0 Å². The third-order valence-electron chi connectivity index (χ3n) is 4.47. The molecule has 0 saturated heterocycles. The molecule has 0 aliphatic heterocycles. The van der Waals surface area contributed by atoms with Gasteiger partial charge in [-0.2, -0.15) is 0 Å². The van der Waals surface area contributed by atoms with E-state index in [0.717, 1.165) is 17.9 Å². The summed E-state index contributed by atoms with van der Waals surface area (Å²) < 4.78 is 0. The lowest BCUT2D eigenvalue weighted by Gasteiger charge is -2.13. The van der Waals surface area contributed by atoms with Crippen LogP contribution >= 0.6 is 24.0 Å². The average Bonchev–Trinajstić information content (AvgIpc) is 2.69. The SMILES string of the molecule is CCC(C)NC(=O)c1ccc(CNC(=NC)NCc2ccc(C)cc2)cc1.I. The Labute approximate surface area is 185 Å². The molecule has 0 fully saturated rings.